The Bertz CT molecular complexity index is 1100. The van der Waals surface area contributed by atoms with Gasteiger partial charge in [0.15, 0.2) is 0 Å². The number of aryl methyl sites for hydroxylation is 1. The summed E-state index contributed by atoms with van der Waals surface area (Å²) >= 11 is 1.55. The number of sulfonamides is 1. The molecule has 0 fully saturated rings. The van der Waals surface area contributed by atoms with Gasteiger partial charge in [-0.15, -0.1) is 11.3 Å². The molecule has 154 valence electrons. The third-order valence-electron chi connectivity index (χ3n) is 4.84. The van der Waals surface area contributed by atoms with E-state index in [1.54, 1.807) is 49.3 Å². The summed E-state index contributed by atoms with van der Waals surface area (Å²) in [5.74, 6) is -0.224. The number of nitrogens with zero attached hydrogens (tertiary/aromatic N) is 3. The predicted molar refractivity (Wildman–Crippen MR) is 117 cm³/mol. The van der Waals surface area contributed by atoms with Gasteiger partial charge in [0, 0.05) is 25.7 Å². The molecular formula is C21H25N3O3S2. The molecule has 0 N–H and O–H groups in total. The summed E-state index contributed by atoms with van der Waals surface area (Å²) < 4.78 is 28.1. The Morgan fingerprint density at radius 2 is 1.79 bits per heavy atom. The van der Waals surface area contributed by atoms with Crippen LogP contribution in [0.2, 0.25) is 0 Å². The number of carbonyl (C=O) groups is 1. The topological polar surface area (TPSA) is 70.6 Å². The van der Waals surface area contributed by atoms with Gasteiger partial charge in [0.2, 0.25) is 10.0 Å². The van der Waals surface area contributed by atoms with Crippen molar-refractivity contribution >= 4 is 37.5 Å². The lowest BCUT2D eigenvalue weighted by atomic mass is 10.1. The number of para-hydroxylation sites is 1. The normalized spacial score (nSPS) is 11.9. The van der Waals surface area contributed by atoms with Gasteiger partial charge in [-0.3, -0.25) is 4.79 Å². The highest BCUT2D eigenvalue weighted by atomic mass is 32.2. The number of hydrogen-bond acceptors (Lipinski definition) is 5. The SMILES string of the molecule is CCN(CC)S(=O)(=O)c1ccc(C)c(C(=O)N(C)Cc2nc3ccccc3s2)c1. The number of aromatic nitrogens is 1. The van der Waals surface area contributed by atoms with E-state index in [0.29, 0.717) is 25.2 Å². The molecule has 3 aromatic rings. The molecule has 0 bridgehead atoms. The van der Waals surface area contributed by atoms with Gasteiger partial charge in [0.05, 0.1) is 21.7 Å². The van der Waals surface area contributed by atoms with Crippen LogP contribution in [0.1, 0.15) is 34.8 Å². The first-order valence-electron chi connectivity index (χ1n) is 9.48. The van der Waals surface area contributed by atoms with E-state index in [4.69, 9.17) is 0 Å². The second kappa shape index (κ2) is 8.61. The smallest absolute Gasteiger partial charge is 0.254 e. The van der Waals surface area contributed by atoms with E-state index >= 15 is 0 Å². The van der Waals surface area contributed by atoms with E-state index in [9.17, 15) is 13.2 Å². The molecule has 0 radical (unpaired) electrons. The summed E-state index contributed by atoms with van der Waals surface area (Å²) in [7, 11) is -1.92. The minimum absolute atomic E-state index is 0.142. The van der Waals surface area contributed by atoms with Crippen LogP contribution in [-0.4, -0.2) is 48.7 Å². The number of carbonyl (C=O) groups excluding carboxylic acids is 1. The molecule has 0 saturated heterocycles. The standard InChI is InChI=1S/C21H25N3O3S2/c1-5-24(6-2)29(26,27)16-12-11-15(3)17(13-16)21(25)23(4)14-20-22-18-9-7-8-10-19(18)28-20/h7-13H,5-6,14H2,1-4H3. The lowest BCUT2D eigenvalue weighted by Gasteiger charge is -2.21. The van der Waals surface area contributed by atoms with Gasteiger partial charge in [0.25, 0.3) is 5.91 Å². The Morgan fingerprint density at radius 1 is 1.10 bits per heavy atom. The Morgan fingerprint density at radius 3 is 2.45 bits per heavy atom. The van der Waals surface area contributed by atoms with Crippen LogP contribution in [0.4, 0.5) is 0 Å². The van der Waals surface area contributed by atoms with Crippen molar-refractivity contribution in [3.63, 3.8) is 0 Å². The fourth-order valence-corrected chi connectivity index (χ4v) is 5.68. The van der Waals surface area contributed by atoms with Crippen LogP contribution in [0.15, 0.2) is 47.4 Å². The van der Waals surface area contributed by atoms with Crippen LogP contribution >= 0.6 is 11.3 Å². The maximum Gasteiger partial charge on any atom is 0.254 e. The van der Waals surface area contributed by atoms with Crippen molar-refractivity contribution < 1.29 is 13.2 Å². The molecule has 0 aliphatic heterocycles. The van der Waals surface area contributed by atoms with E-state index in [1.165, 1.54) is 10.4 Å². The third-order valence-corrected chi connectivity index (χ3v) is 7.91. The van der Waals surface area contributed by atoms with Gasteiger partial charge < -0.3 is 4.90 Å². The number of amides is 1. The molecule has 0 unspecified atom stereocenters. The number of fused-ring (bicyclic) bond motifs is 1. The van der Waals surface area contributed by atoms with E-state index in [2.05, 4.69) is 4.98 Å². The summed E-state index contributed by atoms with van der Waals surface area (Å²) in [6, 6.07) is 12.6. The third kappa shape index (κ3) is 4.34. The van der Waals surface area contributed by atoms with Crippen molar-refractivity contribution in [2.45, 2.75) is 32.2 Å². The monoisotopic (exact) mass is 431 g/mol. The fourth-order valence-electron chi connectivity index (χ4n) is 3.17. The van der Waals surface area contributed by atoms with Crippen molar-refractivity contribution in [1.29, 1.82) is 0 Å². The predicted octanol–water partition coefficient (Wildman–Crippen LogP) is 3.91. The average molecular weight is 432 g/mol. The van der Waals surface area contributed by atoms with Crippen molar-refractivity contribution in [2.24, 2.45) is 0 Å². The molecule has 6 nitrogen and oxygen atoms in total. The first-order chi connectivity index (χ1) is 13.8. The lowest BCUT2D eigenvalue weighted by molar-refractivity contribution is 0.0784. The van der Waals surface area contributed by atoms with Crippen LogP contribution in [-0.2, 0) is 16.6 Å². The highest BCUT2D eigenvalue weighted by Gasteiger charge is 2.24. The number of hydrogen-bond donors (Lipinski definition) is 0. The maximum atomic E-state index is 13.1. The van der Waals surface area contributed by atoms with E-state index in [1.807, 2.05) is 31.2 Å². The Labute approximate surface area is 175 Å². The molecule has 8 heteroatoms. The van der Waals surface area contributed by atoms with Crippen LogP contribution in [0.5, 0.6) is 0 Å². The van der Waals surface area contributed by atoms with Crippen molar-refractivity contribution in [3.8, 4) is 0 Å². The Balaban J connectivity index is 1.88. The molecule has 1 heterocycles. The molecular weight excluding hydrogens is 406 g/mol. The zero-order valence-electron chi connectivity index (χ0n) is 17.0. The van der Waals surface area contributed by atoms with E-state index in [-0.39, 0.29) is 10.8 Å². The molecule has 0 aliphatic rings. The van der Waals surface area contributed by atoms with Crippen LogP contribution in [0.25, 0.3) is 10.2 Å². The summed E-state index contributed by atoms with van der Waals surface area (Å²) in [4.78, 5) is 19.4. The van der Waals surface area contributed by atoms with Gasteiger partial charge in [-0.2, -0.15) is 4.31 Å². The molecule has 0 aliphatic carbocycles. The van der Waals surface area contributed by atoms with Crippen LogP contribution in [0.3, 0.4) is 0 Å². The molecule has 2 aromatic carbocycles. The molecule has 29 heavy (non-hydrogen) atoms. The Kier molecular flexibility index (Phi) is 6.36. The number of rotatable bonds is 7. The molecule has 0 saturated carbocycles. The zero-order chi connectivity index (χ0) is 21.2. The van der Waals surface area contributed by atoms with Crippen LogP contribution in [0, 0.1) is 6.92 Å². The van der Waals surface area contributed by atoms with Crippen molar-refractivity contribution in [3.05, 3.63) is 58.6 Å². The minimum atomic E-state index is -3.62. The van der Waals surface area contributed by atoms with Crippen molar-refractivity contribution in [1.82, 2.24) is 14.2 Å². The molecule has 0 spiro atoms. The quantitative estimate of drug-likeness (QED) is 0.569. The first-order valence-corrected chi connectivity index (χ1v) is 11.7. The molecule has 1 aromatic heterocycles. The highest BCUT2D eigenvalue weighted by Crippen LogP contribution is 2.24. The highest BCUT2D eigenvalue weighted by molar-refractivity contribution is 7.89. The van der Waals surface area contributed by atoms with Gasteiger partial charge >= 0.3 is 0 Å². The lowest BCUT2D eigenvalue weighted by Crippen LogP contribution is -2.31. The van der Waals surface area contributed by atoms with Gasteiger partial charge in [-0.1, -0.05) is 32.0 Å². The second-order valence-electron chi connectivity index (χ2n) is 6.80. The minimum Gasteiger partial charge on any atom is -0.335 e. The summed E-state index contributed by atoms with van der Waals surface area (Å²) in [6.07, 6.45) is 0. The molecule has 3 rings (SSSR count). The van der Waals surface area contributed by atoms with Crippen LogP contribution < -0.4 is 0 Å². The Hall–Kier alpha value is -2.29. The van der Waals surface area contributed by atoms with Crippen molar-refractivity contribution in [2.75, 3.05) is 20.1 Å². The molecule has 0 atom stereocenters. The zero-order valence-corrected chi connectivity index (χ0v) is 18.7. The summed E-state index contributed by atoms with van der Waals surface area (Å²) in [5, 5.41) is 0.839. The maximum absolute atomic E-state index is 13.1. The van der Waals surface area contributed by atoms with Gasteiger partial charge in [-0.25, -0.2) is 13.4 Å². The van der Waals surface area contributed by atoms with E-state index < -0.39 is 10.0 Å². The molecule has 1 amide bonds. The second-order valence-corrected chi connectivity index (χ2v) is 9.86. The first kappa shape index (κ1) is 21.4. The number of benzene rings is 2. The number of thiazole rings is 1. The van der Waals surface area contributed by atoms with Gasteiger partial charge in [0.1, 0.15) is 5.01 Å². The summed E-state index contributed by atoms with van der Waals surface area (Å²) in [5.41, 5.74) is 2.04. The summed E-state index contributed by atoms with van der Waals surface area (Å²) in [6.45, 7) is 6.54. The van der Waals surface area contributed by atoms with Gasteiger partial charge in [-0.05, 0) is 36.8 Å². The fraction of sp³-hybridized carbons (Fsp3) is 0.333. The largest absolute Gasteiger partial charge is 0.335 e. The average Bonchev–Trinajstić information content (AvgIpc) is 3.10. The van der Waals surface area contributed by atoms with E-state index in [0.717, 1.165) is 20.8 Å².